The van der Waals surface area contributed by atoms with Crippen LogP contribution in [0.25, 0.3) is 0 Å². The summed E-state index contributed by atoms with van der Waals surface area (Å²) in [5.74, 6) is 0. The third kappa shape index (κ3) is 2.83. The Morgan fingerprint density at radius 3 is 2.89 bits per heavy atom. The quantitative estimate of drug-likeness (QED) is 0.869. The second kappa shape index (κ2) is 5.89. The minimum absolute atomic E-state index is 0.598. The molecule has 0 aliphatic rings. The third-order valence-corrected chi connectivity index (χ3v) is 3.21. The number of hydrogen-bond donors (Lipinski definition) is 2. The van der Waals surface area contributed by atoms with Gasteiger partial charge in [0.2, 0.25) is 0 Å². The van der Waals surface area contributed by atoms with Crippen LogP contribution < -0.4 is 11.1 Å². The van der Waals surface area contributed by atoms with Crippen molar-refractivity contribution in [2.75, 3.05) is 18.4 Å². The lowest BCUT2D eigenvalue weighted by Crippen LogP contribution is -2.14. The van der Waals surface area contributed by atoms with Gasteiger partial charge in [0.25, 0.3) is 0 Å². The van der Waals surface area contributed by atoms with Gasteiger partial charge < -0.3 is 11.1 Å². The van der Waals surface area contributed by atoms with Gasteiger partial charge in [-0.1, -0.05) is 29.8 Å². The number of nitrogens with one attached hydrogen (secondary N) is 1. The fourth-order valence-corrected chi connectivity index (χ4v) is 2.05. The largest absolute Gasteiger partial charge is 0.381 e. The highest BCUT2D eigenvalue weighted by atomic mass is 35.5. The molecule has 1 aromatic carbocycles. The highest BCUT2D eigenvalue weighted by molar-refractivity contribution is 6.31. The van der Waals surface area contributed by atoms with Crippen molar-refractivity contribution >= 4 is 17.3 Å². The first-order valence-electron chi connectivity index (χ1n) is 5.90. The van der Waals surface area contributed by atoms with Crippen molar-refractivity contribution < 1.29 is 0 Å². The van der Waals surface area contributed by atoms with Crippen molar-refractivity contribution in [2.24, 2.45) is 12.8 Å². The van der Waals surface area contributed by atoms with E-state index in [1.54, 1.807) is 0 Å². The van der Waals surface area contributed by atoms with Crippen LogP contribution in [0.3, 0.4) is 0 Å². The van der Waals surface area contributed by atoms with Gasteiger partial charge in [-0.05, 0) is 11.6 Å². The SMILES string of the molecule is Cn1ncc(NCCN)c1Cc1ccccc1Cl. The van der Waals surface area contributed by atoms with Gasteiger partial charge in [0.15, 0.2) is 0 Å². The molecule has 2 aromatic rings. The van der Waals surface area contributed by atoms with Crippen molar-refractivity contribution in [1.82, 2.24) is 9.78 Å². The molecule has 0 unspecified atom stereocenters. The van der Waals surface area contributed by atoms with E-state index in [0.29, 0.717) is 6.54 Å². The van der Waals surface area contributed by atoms with Crippen LogP contribution in [0.5, 0.6) is 0 Å². The Hall–Kier alpha value is -1.52. The molecule has 2 rings (SSSR count). The minimum Gasteiger partial charge on any atom is -0.381 e. The lowest BCUT2D eigenvalue weighted by atomic mass is 10.1. The molecule has 0 aliphatic heterocycles. The van der Waals surface area contributed by atoms with Gasteiger partial charge in [-0.25, -0.2) is 0 Å². The molecule has 0 atom stereocenters. The van der Waals surface area contributed by atoms with Crippen LogP contribution in [0.15, 0.2) is 30.5 Å². The molecule has 3 N–H and O–H groups in total. The lowest BCUT2D eigenvalue weighted by Gasteiger charge is -2.09. The number of aryl methyl sites for hydroxylation is 1. The van der Waals surface area contributed by atoms with E-state index in [9.17, 15) is 0 Å². The van der Waals surface area contributed by atoms with Gasteiger partial charge in [-0.2, -0.15) is 5.10 Å². The lowest BCUT2D eigenvalue weighted by molar-refractivity contribution is 0.724. The first kappa shape index (κ1) is 12.9. The average molecular weight is 265 g/mol. The predicted octanol–water partition coefficient (Wildman–Crippen LogP) is 2.03. The first-order chi connectivity index (χ1) is 8.72. The Bertz CT molecular complexity index is 521. The van der Waals surface area contributed by atoms with E-state index >= 15 is 0 Å². The number of rotatable bonds is 5. The van der Waals surface area contributed by atoms with Crippen LogP contribution in [0.1, 0.15) is 11.3 Å². The predicted molar refractivity (Wildman–Crippen MR) is 75.0 cm³/mol. The Morgan fingerprint density at radius 1 is 1.39 bits per heavy atom. The number of nitrogens with two attached hydrogens (primary N) is 1. The summed E-state index contributed by atoms with van der Waals surface area (Å²) in [5.41, 5.74) is 8.72. The van der Waals surface area contributed by atoms with E-state index in [1.807, 2.05) is 42.2 Å². The summed E-state index contributed by atoms with van der Waals surface area (Å²) in [4.78, 5) is 0. The molecule has 96 valence electrons. The molecule has 18 heavy (non-hydrogen) atoms. The van der Waals surface area contributed by atoms with Gasteiger partial charge in [-0.3, -0.25) is 4.68 Å². The number of anilines is 1. The van der Waals surface area contributed by atoms with Crippen LogP contribution in [0.4, 0.5) is 5.69 Å². The van der Waals surface area contributed by atoms with Crippen LogP contribution in [0.2, 0.25) is 5.02 Å². The van der Waals surface area contributed by atoms with Crippen molar-refractivity contribution in [1.29, 1.82) is 0 Å². The molecule has 4 nitrogen and oxygen atoms in total. The van der Waals surface area contributed by atoms with E-state index in [2.05, 4.69) is 10.4 Å². The molecule has 0 spiro atoms. The summed E-state index contributed by atoms with van der Waals surface area (Å²) in [5, 5.41) is 8.32. The van der Waals surface area contributed by atoms with Crippen molar-refractivity contribution in [2.45, 2.75) is 6.42 Å². The zero-order valence-electron chi connectivity index (χ0n) is 10.4. The summed E-state index contributed by atoms with van der Waals surface area (Å²) in [6, 6.07) is 7.86. The standard InChI is InChI=1S/C13H17ClN4/c1-18-13(12(9-17-18)16-7-6-15)8-10-4-2-3-5-11(10)14/h2-5,9,16H,6-8,15H2,1H3. The van der Waals surface area contributed by atoms with Gasteiger partial charge >= 0.3 is 0 Å². The molecule has 0 aliphatic carbocycles. The van der Waals surface area contributed by atoms with Crippen LogP contribution in [0, 0.1) is 0 Å². The summed E-state index contributed by atoms with van der Waals surface area (Å²) < 4.78 is 1.86. The average Bonchev–Trinajstić information content (AvgIpc) is 2.71. The van der Waals surface area contributed by atoms with Gasteiger partial charge in [0.05, 0.1) is 17.6 Å². The molecule has 1 aromatic heterocycles. The summed E-state index contributed by atoms with van der Waals surface area (Å²) in [6.45, 7) is 1.33. The molecule has 0 saturated carbocycles. The molecule has 1 heterocycles. The molecule has 0 fully saturated rings. The van der Waals surface area contributed by atoms with Gasteiger partial charge in [0, 0.05) is 31.6 Å². The normalized spacial score (nSPS) is 10.6. The zero-order chi connectivity index (χ0) is 13.0. The van der Waals surface area contributed by atoms with Crippen molar-refractivity contribution in [3.8, 4) is 0 Å². The van der Waals surface area contributed by atoms with Crippen LogP contribution >= 0.6 is 11.6 Å². The highest BCUT2D eigenvalue weighted by Crippen LogP contribution is 2.22. The third-order valence-electron chi connectivity index (χ3n) is 2.84. The second-order valence-corrected chi connectivity index (χ2v) is 4.52. The maximum Gasteiger partial charge on any atom is 0.0763 e. The van der Waals surface area contributed by atoms with Crippen LogP contribution in [-0.4, -0.2) is 22.9 Å². The monoisotopic (exact) mass is 264 g/mol. The summed E-state index contributed by atoms with van der Waals surface area (Å²) in [7, 11) is 1.93. The highest BCUT2D eigenvalue weighted by Gasteiger charge is 2.10. The molecule has 0 bridgehead atoms. The Labute approximate surface area is 112 Å². The maximum atomic E-state index is 6.18. The molecule has 0 radical (unpaired) electrons. The van der Waals surface area contributed by atoms with Crippen molar-refractivity contribution in [3.63, 3.8) is 0 Å². The van der Waals surface area contributed by atoms with Gasteiger partial charge in [0.1, 0.15) is 0 Å². The minimum atomic E-state index is 0.598. The Balaban J connectivity index is 2.23. The van der Waals surface area contributed by atoms with Crippen molar-refractivity contribution in [3.05, 3.63) is 46.7 Å². The first-order valence-corrected chi connectivity index (χ1v) is 6.28. The smallest absolute Gasteiger partial charge is 0.0763 e. The second-order valence-electron chi connectivity index (χ2n) is 4.11. The number of halogens is 1. The molecule has 0 saturated heterocycles. The Morgan fingerprint density at radius 2 is 2.17 bits per heavy atom. The van der Waals surface area contributed by atoms with E-state index < -0.39 is 0 Å². The molecule has 5 heteroatoms. The van der Waals surface area contributed by atoms with E-state index in [-0.39, 0.29) is 0 Å². The van der Waals surface area contributed by atoms with E-state index in [4.69, 9.17) is 17.3 Å². The fraction of sp³-hybridized carbons (Fsp3) is 0.308. The zero-order valence-corrected chi connectivity index (χ0v) is 11.1. The fourth-order valence-electron chi connectivity index (χ4n) is 1.85. The Kier molecular flexibility index (Phi) is 4.23. The maximum absolute atomic E-state index is 6.18. The van der Waals surface area contributed by atoms with Crippen LogP contribution in [-0.2, 0) is 13.5 Å². The number of nitrogens with zero attached hydrogens (tertiary/aromatic N) is 2. The topological polar surface area (TPSA) is 55.9 Å². The summed E-state index contributed by atoms with van der Waals surface area (Å²) in [6.07, 6.45) is 2.57. The molecular formula is C13H17ClN4. The van der Waals surface area contributed by atoms with E-state index in [1.165, 1.54) is 0 Å². The van der Waals surface area contributed by atoms with Gasteiger partial charge in [-0.15, -0.1) is 0 Å². The molecular weight excluding hydrogens is 248 g/mol. The number of benzene rings is 1. The van der Waals surface area contributed by atoms with E-state index in [0.717, 1.165) is 34.9 Å². The number of aromatic nitrogens is 2. The summed E-state index contributed by atoms with van der Waals surface area (Å²) >= 11 is 6.18. The molecule has 0 amide bonds. The number of hydrogen-bond acceptors (Lipinski definition) is 3.